The van der Waals surface area contributed by atoms with Crippen LogP contribution in [0.5, 0.6) is 11.5 Å². The number of carbonyl (C=O) groups excluding carboxylic acids is 2. The third-order valence-electron chi connectivity index (χ3n) is 5.31. The first-order valence-corrected chi connectivity index (χ1v) is 12.5. The number of methoxy groups -OCH3 is 1. The van der Waals surface area contributed by atoms with Crippen LogP contribution in [0.4, 0.5) is 5.69 Å². The van der Waals surface area contributed by atoms with E-state index in [0.29, 0.717) is 18.8 Å². The second-order valence-electron chi connectivity index (χ2n) is 8.15. The quantitative estimate of drug-likeness (QED) is 0.538. The van der Waals surface area contributed by atoms with E-state index in [0.717, 1.165) is 30.4 Å². The first-order chi connectivity index (χ1) is 16.2. The number of esters is 1. The Morgan fingerprint density at radius 2 is 1.65 bits per heavy atom. The topological polar surface area (TPSA) is 111 Å². The maximum atomic E-state index is 13.0. The van der Waals surface area contributed by atoms with Gasteiger partial charge in [0.1, 0.15) is 11.5 Å². The molecule has 0 unspecified atom stereocenters. The number of nitrogens with one attached hydrogen (secondary N) is 1. The number of anilines is 1. The highest BCUT2D eigenvalue weighted by molar-refractivity contribution is 7.89. The molecule has 34 heavy (non-hydrogen) atoms. The predicted octanol–water partition coefficient (Wildman–Crippen LogP) is 3.05. The summed E-state index contributed by atoms with van der Waals surface area (Å²) in [5, 5.41) is 2.56. The van der Waals surface area contributed by atoms with Gasteiger partial charge in [0.2, 0.25) is 10.0 Å². The molecule has 3 rings (SSSR count). The summed E-state index contributed by atoms with van der Waals surface area (Å²) in [6.07, 6.45) is 2.64. The Labute approximate surface area is 200 Å². The van der Waals surface area contributed by atoms with Gasteiger partial charge in [0, 0.05) is 13.1 Å². The van der Waals surface area contributed by atoms with Crippen molar-refractivity contribution in [3.05, 3.63) is 47.5 Å². The Morgan fingerprint density at radius 1 is 0.971 bits per heavy atom. The molecule has 0 radical (unpaired) electrons. The number of hydrogen-bond donors (Lipinski definition) is 1. The monoisotopic (exact) mass is 490 g/mol. The molecule has 0 atom stereocenters. The first-order valence-electron chi connectivity index (χ1n) is 11.0. The number of piperidine rings is 1. The number of nitrogens with zero attached hydrogens (tertiary/aromatic N) is 1. The third kappa shape index (κ3) is 6.71. The van der Waals surface area contributed by atoms with Crippen molar-refractivity contribution < 1.29 is 32.2 Å². The summed E-state index contributed by atoms with van der Waals surface area (Å²) < 4.78 is 43.0. The zero-order chi connectivity index (χ0) is 24.7. The second kappa shape index (κ2) is 11.3. The summed E-state index contributed by atoms with van der Waals surface area (Å²) in [4.78, 5) is 24.4. The SMILES string of the molecule is COc1ccc(S(=O)(=O)N2CCCCC2)cc1NC(=O)COC(=O)COc1cc(C)cc(C)c1. The second-order valence-corrected chi connectivity index (χ2v) is 10.1. The molecule has 1 heterocycles. The van der Waals surface area contributed by atoms with E-state index in [9.17, 15) is 18.0 Å². The highest BCUT2D eigenvalue weighted by Crippen LogP contribution is 2.30. The summed E-state index contributed by atoms with van der Waals surface area (Å²) in [5.74, 6) is -0.515. The van der Waals surface area contributed by atoms with E-state index in [1.54, 1.807) is 12.1 Å². The first kappa shape index (κ1) is 25.5. The van der Waals surface area contributed by atoms with Crippen LogP contribution in [0.3, 0.4) is 0 Å². The molecule has 1 aliphatic rings. The highest BCUT2D eigenvalue weighted by atomic mass is 32.2. The molecule has 2 aromatic rings. The molecule has 0 saturated carbocycles. The lowest BCUT2D eigenvalue weighted by atomic mass is 10.1. The molecule has 1 amide bonds. The number of rotatable bonds is 9. The van der Waals surface area contributed by atoms with Gasteiger partial charge in [-0.3, -0.25) is 4.79 Å². The van der Waals surface area contributed by atoms with Crippen molar-refractivity contribution in [3.8, 4) is 11.5 Å². The van der Waals surface area contributed by atoms with Gasteiger partial charge in [-0.2, -0.15) is 4.31 Å². The minimum atomic E-state index is -3.69. The van der Waals surface area contributed by atoms with Gasteiger partial charge in [0.25, 0.3) is 5.91 Å². The predicted molar refractivity (Wildman–Crippen MR) is 127 cm³/mol. The zero-order valence-electron chi connectivity index (χ0n) is 19.6. The Morgan fingerprint density at radius 3 is 2.29 bits per heavy atom. The van der Waals surface area contributed by atoms with Crippen molar-refractivity contribution >= 4 is 27.6 Å². The van der Waals surface area contributed by atoms with E-state index in [-0.39, 0.29) is 22.9 Å². The molecule has 10 heteroatoms. The number of benzene rings is 2. The van der Waals surface area contributed by atoms with Gasteiger partial charge in [0.05, 0.1) is 17.7 Å². The lowest BCUT2D eigenvalue weighted by molar-refractivity contribution is -0.149. The summed E-state index contributed by atoms with van der Waals surface area (Å²) in [7, 11) is -2.28. The van der Waals surface area contributed by atoms with E-state index in [1.165, 1.54) is 29.6 Å². The van der Waals surface area contributed by atoms with E-state index in [4.69, 9.17) is 14.2 Å². The Hall–Kier alpha value is -3.11. The molecule has 0 aromatic heterocycles. The summed E-state index contributed by atoms with van der Waals surface area (Å²) in [5.41, 5.74) is 2.18. The molecule has 9 nitrogen and oxygen atoms in total. The standard InChI is InChI=1S/C24H30N2O7S/c1-17-11-18(2)13-19(12-17)32-16-24(28)33-15-23(27)25-21-14-20(7-8-22(21)31-3)34(29,30)26-9-5-4-6-10-26/h7-8,11-14H,4-6,9-10,15-16H2,1-3H3,(H,25,27). The van der Waals surface area contributed by atoms with Crippen molar-refractivity contribution in [3.63, 3.8) is 0 Å². The molecule has 1 aliphatic heterocycles. The smallest absolute Gasteiger partial charge is 0.344 e. The van der Waals surface area contributed by atoms with Gasteiger partial charge in [-0.1, -0.05) is 12.5 Å². The Balaban J connectivity index is 1.59. The lowest BCUT2D eigenvalue weighted by Gasteiger charge is -2.26. The average Bonchev–Trinajstić information content (AvgIpc) is 2.81. The largest absolute Gasteiger partial charge is 0.495 e. The number of amides is 1. The minimum Gasteiger partial charge on any atom is -0.495 e. The van der Waals surface area contributed by atoms with Gasteiger partial charge >= 0.3 is 5.97 Å². The van der Waals surface area contributed by atoms with Gasteiger partial charge in [-0.15, -0.1) is 0 Å². The number of hydrogen-bond acceptors (Lipinski definition) is 7. The van der Waals surface area contributed by atoms with Crippen LogP contribution in [-0.4, -0.2) is 58.0 Å². The highest BCUT2D eigenvalue weighted by Gasteiger charge is 2.27. The van der Waals surface area contributed by atoms with E-state index < -0.39 is 28.5 Å². The van der Waals surface area contributed by atoms with Gasteiger partial charge in [0.15, 0.2) is 13.2 Å². The molecule has 0 bridgehead atoms. The molecule has 0 aliphatic carbocycles. The zero-order valence-corrected chi connectivity index (χ0v) is 20.4. The number of carbonyl (C=O) groups is 2. The maximum absolute atomic E-state index is 13.0. The fraction of sp³-hybridized carbons (Fsp3) is 0.417. The Kier molecular flexibility index (Phi) is 8.51. The van der Waals surface area contributed by atoms with Gasteiger partial charge in [-0.25, -0.2) is 13.2 Å². The van der Waals surface area contributed by atoms with Crippen molar-refractivity contribution in [1.29, 1.82) is 0 Å². The Bertz CT molecular complexity index is 1120. The van der Waals surface area contributed by atoms with Crippen LogP contribution in [0, 0.1) is 13.8 Å². The van der Waals surface area contributed by atoms with Crippen LogP contribution in [0.2, 0.25) is 0 Å². The molecule has 1 fully saturated rings. The third-order valence-corrected chi connectivity index (χ3v) is 7.21. The molecular formula is C24H30N2O7S. The molecule has 1 N–H and O–H groups in total. The van der Waals surface area contributed by atoms with Crippen LogP contribution in [0.1, 0.15) is 30.4 Å². The fourth-order valence-corrected chi connectivity index (χ4v) is 5.28. The van der Waals surface area contributed by atoms with Gasteiger partial charge < -0.3 is 19.5 Å². The van der Waals surface area contributed by atoms with Crippen molar-refractivity contribution in [2.24, 2.45) is 0 Å². The summed E-state index contributed by atoms with van der Waals surface area (Å²) in [6, 6.07) is 9.86. The van der Waals surface area contributed by atoms with Crippen molar-refractivity contribution in [2.75, 3.05) is 38.7 Å². The minimum absolute atomic E-state index is 0.0596. The average molecular weight is 491 g/mol. The normalized spacial score (nSPS) is 14.3. The van der Waals surface area contributed by atoms with E-state index in [1.807, 2.05) is 19.9 Å². The van der Waals surface area contributed by atoms with E-state index >= 15 is 0 Å². The van der Waals surface area contributed by atoms with Crippen molar-refractivity contribution in [1.82, 2.24) is 4.31 Å². The van der Waals surface area contributed by atoms with Gasteiger partial charge in [-0.05, 0) is 68.1 Å². The summed E-state index contributed by atoms with van der Waals surface area (Å²) >= 11 is 0. The van der Waals surface area contributed by atoms with Crippen LogP contribution in [0.15, 0.2) is 41.3 Å². The molecule has 184 valence electrons. The number of ether oxygens (including phenoxy) is 3. The van der Waals surface area contributed by atoms with Crippen LogP contribution in [0.25, 0.3) is 0 Å². The van der Waals surface area contributed by atoms with Crippen LogP contribution >= 0.6 is 0 Å². The maximum Gasteiger partial charge on any atom is 0.344 e. The fourth-order valence-electron chi connectivity index (χ4n) is 3.73. The molecule has 0 spiro atoms. The molecule has 1 saturated heterocycles. The lowest BCUT2D eigenvalue weighted by Crippen LogP contribution is -2.35. The summed E-state index contributed by atoms with van der Waals surface area (Å²) in [6.45, 7) is 3.88. The molecular weight excluding hydrogens is 460 g/mol. The van der Waals surface area contributed by atoms with Crippen LogP contribution in [-0.2, 0) is 24.3 Å². The van der Waals surface area contributed by atoms with E-state index in [2.05, 4.69) is 5.32 Å². The molecule has 2 aromatic carbocycles. The number of sulfonamides is 1. The van der Waals surface area contributed by atoms with Crippen LogP contribution < -0.4 is 14.8 Å². The number of aryl methyl sites for hydroxylation is 2. The van der Waals surface area contributed by atoms with Crippen molar-refractivity contribution in [2.45, 2.75) is 38.0 Å².